The van der Waals surface area contributed by atoms with E-state index in [1.165, 1.54) is 11.6 Å². The van der Waals surface area contributed by atoms with Crippen LogP contribution in [0, 0.1) is 0 Å². The number of hydrogen-bond donors (Lipinski definition) is 0. The first-order valence-corrected chi connectivity index (χ1v) is 5.34. The lowest BCUT2D eigenvalue weighted by Gasteiger charge is -1.97. The molecule has 4 heteroatoms. The Balaban J connectivity index is 2.31. The van der Waals surface area contributed by atoms with Crippen LogP contribution in [0.5, 0.6) is 0 Å². The fraction of sp³-hybridized carbons (Fsp3) is 0.167. The van der Waals surface area contributed by atoms with E-state index in [0.29, 0.717) is 5.76 Å². The van der Waals surface area contributed by atoms with Gasteiger partial charge in [0.05, 0.1) is 0 Å². The molecule has 0 bridgehead atoms. The molecule has 1 heterocycles. The van der Waals surface area contributed by atoms with Crippen LogP contribution in [0.25, 0.3) is 11.3 Å². The molecule has 2 rings (SSSR count). The van der Waals surface area contributed by atoms with E-state index in [4.69, 9.17) is 16.1 Å². The lowest BCUT2D eigenvalue weighted by molar-refractivity contribution is 0.107. The third kappa shape index (κ3) is 2.14. The molecule has 82 valence electrons. The molecule has 0 saturated heterocycles. The molecule has 1 aromatic carbocycles. The van der Waals surface area contributed by atoms with Crippen LogP contribution < -0.4 is 0 Å². The number of carbonyl (C=O) groups excluding carboxylic acids is 1. The van der Waals surface area contributed by atoms with Gasteiger partial charge in [0.2, 0.25) is 0 Å². The molecule has 0 N–H and O–H groups in total. The van der Waals surface area contributed by atoms with Gasteiger partial charge in [0, 0.05) is 11.6 Å². The van der Waals surface area contributed by atoms with Crippen molar-refractivity contribution in [3.63, 3.8) is 0 Å². The maximum atomic E-state index is 10.8. The van der Waals surface area contributed by atoms with E-state index in [1.807, 2.05) is 24.3 Å². The van der Waals surface area contributed by atoms with Gasteiger partial charge < -0.3 is 4.52 Å². The van der Waals surface area contributed by atoms with Gasteiger partial charge in [0.1, 0.15) is 0 Å². The standard InChI is InChI=1S/C12H10ClNO2/c1-2-8-3-5-9(6-4-8)11-7-10(12(13)15)14-16-11/h3-7H,2H2,1H3. The molecule has 0 radical (unpaired) electrons. The maximum Gasteiger partial charge on any atom is 0.274 e. The van der Waals surface area contributed by atoms with E-state index in [0.717, 1.165) is 12.0 Å². The summed E-state index contributed by atoms with van der Waals surface area (Å²) in [4.78, 5) is 10.8. The summed E-state index contributed by atoms with van der Waals surface area (Å²) in [5, 5.41) is 2.97. The zero-order valence-electron chi connectivity index (χ0n) is 8.74. The van der Waals surface area contributed by atoms with Crippen LogP contribution in [0.4, 0.5) is 0 Å². The fourth-order valence-electron chi connectivity index (χ4n) is 1.41. The van der Waals surface area contributed by atoms with E-state index in [2.05, 4.69) is 12.1 Å². The van der Waals surface area contributed by atoms with Gasteiger partial charge in [-0.25, -0.2) is 0 Å². The quantitative estimate of drug-likeness (QED) is 0.767. The normalized spacial score (nSPS) is 10.4. The minimum absolute atomic E-state index is 0.135. The molecule has 0 spiro atoms. The number of rotatable bonds is 3. The zero-order valence-corrected chi connectivity index (χ0v) is 9.49. The number of carbonyl (C=O) groups is 1. The van der Waals surface area contributed by atoms with Crippen LogP contribution in [0.1, 0.15) is 23.0 Å². The predicted octanol–water partition coefficient (Wildman–Crippen LogP) is 3.28. The monoisotopic (exact) mass is 235 g/mol. The highest BCUT2D eigenvalue weighted by molar-refractivity contribution is 6.67. The first-order valence-electron chi connectivity index (χ1n) is 4.96. The highest BCUT2D eigenvalue weighted by atomic mass is 35.5. The summed E-state index contributed by atoms with van der Waals surface area (Å²) in [6, 6.07) is 9.43. The third-order valence-corrected chi connectivity index (χ3v) is 2.55. The molecule has 16 heavy (non-hydrogen) atoms. The van der Waals surface area contributed by atoms with Crippen LogP contribution in [-0.2, 0) is 6.42 Å². The summed E-state index contributed by atoms with van der Waals surface area (Å²) in [5.41, 5.74) is 2.27. The molecule has 0 saturated carbocycles. The molecule has 0 aliphatic heterocycles. The summed E-state index contributed by atoms with van der Waals surface area (Å²) in [7, 11) is 0. The van der Waals surface area contributed by atoms with Crippen molar-refractivity contribution in [1.29, 1.82) is 0 Å². The second kappa shape index (κ2) is 4.49. The molecule has 0 unspecified atom stereocenters. The Morgan fingerprint density at radius 1 is 1.38 bits per heavy atom. The van der Waals surface area contributed by atoms with Gasteiger partial charge in [-0.1, -0.05) is 36.3 Å². The van der Waals surface area contributed by atoms with E-state index >= 15 is 0 Å². The minimum Gasteiger partial charge on any atom is -0.356 e. The van der Waals surface area contributed by atoms with Crippen molar-refractivity contribution in [2.75, 3.05) is 0 Å². The number of aryl methyl sites for hydroxylation is 1. The Morgan fingerprint density at radius 2 is 2.06 bits per heavy atom. The second-order valence-electron chi connectivity index (χ2n) is 3.40. The van der Waals surface area contributed by atoms with Gasteiger partial charge in [-0.2, -0.15) is 0 Å². The van der Waals surface area contributed by atoms with Gasteiger partial charge in [0.15, 0.2) is 11.5 Å². The summed E-state index contributed by atoms with van der Waals surface area (Å²) < 4.78 is 5.03. The number of hydrogen-bond acceptors (Lipinski definition) is 3. The lowest BCUT2D eigenvalue weighted by atomic mass is 10.1. The van der Waals surface area contributed by atoms with Gasteiger partial charge in [-0.3, -0.25) is 4.79 Å². The minimum atomic E-state index is -0.611. The average Bonchev–Trinajstić information content (AvgIpc) is 2.78. The number of benzene rings is 1. The highest BCUT2D eigenvalue weighted by Gasteiger charge is 2.10. The molecule has 0 amide bonds. The average molecular weight is 236 g/mol. The van der Waals surface area contributed by atoms with Crippen LogP contribution >= 0.6 is 11.6 Å². The molecular weight excluding hydrogens is 226 g/mol. The zero-order chi connectivity index (χ0) is 11.5. The number of aromatic nitrogens is 1. The third-order valence-electron chi connectivity index (χ3n) is 2.36. The number of halogens is 1. The molecule has 3 nitrogen and oxygen atoms in total. The summed E-state index contributed by atoms with van der Waals surface area (Å²) in [6.45, 7) is 2.09. The van der Waals surface area contributed by atoms with Crippen molar-refractivity contribution in [2.45, 2.75) is 13.3 Å². The predicted molar refractivity (Wildman–Crippen MR) is 61.5 cm³/mol. The molecule has 1 aromatic heterocycles. The van der Waals surface area contributed by atoms with E-state index in [-0.39, 0.29) is 5.69 Å². The Morgan fingerprint density at radius 3 is 2.56 bits per heavy atom. The van der Waals surface area contributed by atoms with E-state index < -0.39 is 5.24 Å². The number of nitrogens with zero attached hydrogens (tertiary/aromatic N) is 1. The topological polar surface area (TPSA) is 43.1 Å². The lowest BCUT2D eigenvalue weighted by Crippen LogP contribution is -1.85. The van der Waals surface area contributed by atoms with Gasteiger partial charge in [-0.15, -0.1) is 0 Å². The van der Waals surface area contributed by atoms with Gasteiger partial charge >= 0.3 is 0 Å². The Hall–Kier alpha value is -1.61. The van der Waals surface area contributed by atoms with Crippen molar-refractivity contribution in [1.82, 2.24) is 5.16 Å². The fourth-order valence-corrected chi connectivity index (χ4v) is 1.50. The molecule has 0 aliphatic carbocycles. The van der Waals surface area contributed by atoms with Crippen molar-refractivity contribution >= 4 is 16.8 Å². The van der Waals surface area contributed by atoms with Crippen molar-refractivity contribution in [2.24, 2.45) is 0 Å². The molecule has 0 atom stereocenters. The smallest absolute Gasteiger partial charge is 0.274 e. The van der Waals surface area contributed by atoms with Gasteiger partial charge in [-0.05, 0) is 23.6 Å². The SMILES string of the molecule is CCc1ccc(-c2cc(C(=O)Cl)no2)cc1. The summed E-state index contributed by atoms with van der Waals surface area (Å²) in [5.74, 6) is 0.548. The van der Waals surface area contributed by atoms with Crippen LogP contribution in [-0.4, -0.2) is 10.4 Å². The maximum absolute atomic E-state index is 10.8. The van der Waals surface area contributed by atoms with Gasteiger partial charge in [0.25, 0.3) is 5.24 Å². The Kier molecular flexibility index (Phi) is 3.06. The van der Waals surface area contributed by atoms with E-state index in [1.54, 1.807) is 0 Å². The summed E-state index contributed by atoms with van der Waals surface area (Å²) >= 11 is 5.29. The van der Waals surface area contributed by atoms with Crippen molar-refractivity contribution in [3.8, 4) is 11.3 Å². The van der Waals surface area contributed by atoms with Crippen LogP contribution in [0.15, 0.2) is 34.9 Å². The van der Waals surface area contributed by atoms with Crippen molar-refractivity contribution < 1.29 is 9.32 Å². The largest absolute Gasteiger partial charge is 0.356 e. The summed E-state index contributed by atoms with van der Waals surface area (Å²) in [6.07, 6.45) is 0.988. The second-order valence-corrected chi connectivity index (χ2v) is 3.74. The van der Waals surface area contributed by atoms with E-state index in [9.17, 15) is 4.79 Å². The molecule has 2 aromatic rings. The Bertz CT molecular complexity index is 502. The van der Waals surface area contributed by atoms with Crippen LogP contribution in [0.3, 0.4) is 0 Å². The molecule has 0 fully saturated rings. The highest BCUT2D eigenvalue weighted by Crippen LogP contribution is 2.21. The molecular formula is C12H10ClNO2. The first kappa shape index (κ1) is 10.9. The first-order chi connectivity index (χ1) is 7.70. The van der Waals surface area contributed by atoms with Crippen molar-refractivity contribution in [3.05, 3.63) is 41.6 Å². The van der Waals surface area contributed by atoms with Crippen LogP contribution in [0.2, 0.25) is 0 Å². The molecule has 0 aliphatic rings. The Labute approximate surface area is 98.0 Å².